The predicted molar refractivity (Wildman–Crippen MR) is 67.9 cm³/mol. The van der Waals surface area contributed by atoms with Gasteiger partial charge in [0.25, 0.3) is 0 Å². The fraction of sp³-hybridized carbons (Fsp3) is 0.750. The number of carbonyl (C=O) groups excluding carboxylic acids is 1. The molecule has 2 unspecified atom stereocenters. The van der Waals surface area contributed by atoms with E-state index in [9.17, 15) is 4.79 Å². The highest BCUT2D eigenvalue weighted by Gasteiger charge is 2.23. The Morgan fingerprint density at radius 2 is 2.44 bits per heavy atom. The van der Waals surface area contributed by atoms with Gasteiger partial charge < -0.3 is 10.6 Å². The van der Waals surface area contributed by atoms with Crippen LogP contribution in [0.15, 0.2) is 12.4 Å². The molecule has 0 spiro atoms. The van der Waals surface area contributed by atoms with Crippen LogP contribution in [0, 0.1) is 0 Å². The zero-order valence-electron chi connectivity index (χ0n) is 10.8. The minimum absolute atomic E-state index is 0.0138. The van der Waals surface area contributed by atoms with Crippen LogP contribution in [-0.4, -0.2) is 39.5 Å². The van der Waals surface area contributed by atoms with Crippen LogP contribution in [0.3, 0.4) is 0 Å². The summed E-state index contributed by atoms with van der Waals surface area (Å²) in [5.41, 5.74) is 0. The molecule has 1 fully saturated rings. The van der Waals surface area contributed by atoms with Crippen molar-refractivity contribution < 1.29 is 4.79 Å². The lowest BCUT2D eigenvalue weighted by molar-refractivity contribution is -0.123. The van der Waals surface area contributed by atoms with Crippen molar-refractivity contribution in [2.75, 3.05) is 6.54 Å². The standard InChI is InChI=1S/C12H21N5O/c1-10-4-2-5-11(15-10)12(18)13-6-3-8-17-9-7-14-16-17/h7,9-11,15H,2-6,8H2,1H3,(H,13,18). The number of nitrogens with one attached hydrogen (secondary N) is 2. The first-order valence-corrected chi connectivity index (χ1v) is 6.63. The van der Waals surface area contributed by atoms with Crippen LogP contribution in [0.1, 0.15) is 32.6 Å². The minimum Gasteiger partial charge on any atom is -0.355 e. The number of piperidine rings is 1. The molecule has 2 atom stereocenters. The average Bonchev–Trinajstić information content (AvgIpc) is 2.87. The van der Waals surface area contributed by atoms with Crippen molar-refractivity contribution in [1.29, 1.82) is 0 Å². The maximum Gasteiger partial charge on any atom is 0.237 e. The number of aryl methyl sites for hydroxylation is 1. The van der Waals surface area contributed by atoms with Crippen LogP contribution in [0.5, 0.6) is 0 Å². The van der Waals surface area contributed by atoms with E-state index in [0.717, 1.165) is 32.2 Å². The van der Waals surface area contributed by atoms with E-state index in [1.807, 2.05) is 6.20 Å². The molecule has 1 aromatic heterocycles. The number of rotatable bonds is 5. The van der Waals surface area contributed by atoms with Gasteiger partial charge in [-0.3, -0.25) is 9.48 Å². The van der Waals surface area contributed by atoms with Crippen LogP contribution >= 0.6 is 0 Å². The lowest BCUT2D eigenvalue weighted by Gasteiger charge is -2.27. The Morgan fingerprint density at radius 1 is 1.56 bits per heavy atom. The van der Waals surface area contributed by atoms with E-state index < -0.39 is 0 Å². The van der Waals surface area contributed by atoms with Gasteiger partial charge in [-0.1, -0.05) is 5.21 Å². The van der Waals surface area contributed by atoms with Crippen molar-refractivity contribution in [2.45, 2.75) is 51.2 Å². The van der Waals surface area contributed by atoms with Gasteiger partial charge in [0, 0.05) is 25.3 Å². The molecule has 6 nitrogen and oxygen atoms in total. The van der Waals surface area contributed by atoms with Crippen LogP contribution in [-0.2, 0) is 11.3 Å². The largest absolute Gasteiger partial charge is 0.355 e. The molecule has 1 aromatic rings. The molecule has 2 N–H and O–H groups in total. The summed E-state index contributed by atoms with van der Waals surface area (Å²) in [5, 5.41) is 13.9. The molecule has 100 valence electrons. The van der Waals surface area contributed by atoms with Gasteiger partial charge in [0.2, 0.25) is 5.91 Å². The topological polar surface area (TPSA) is 71.8 Å². The minimum atomic E-state index is -0.0138. The molecule has 2 rings (SSSR count). The van der Waals surface area contributed by atoms with Crippen LogP contribution < -0.4 is 10.6 Å². The molecule has 1 amide bonds. The fourth-order valence-electron chi connectivity index (χ4n) is 2.27. The zero-order valence-corrected chi connectivity index (χ0v) is 10.8. The molecule has 1 aliphatic rings. The maximum absolute atomic E-state index is 11.9. The predicted octanol–water partition coefficient (Wildman–Crippen LogP) is 0.315. The summed E-state index contributed by atoms with van der Waals surface area (Å²) in [7, 11) is 0. The molecule has 2 heterocycles. The number of nitrogens with zero attached hydrogens (tertiary/aromatic N) is 3. The third-order valence-corrected chi connectivity index (χ3v) is 3.27. The highest BCUT2D eigenvalue weighted by molar-refractivity contribution is 5.81. The van der Waals surface area contributed by atoms with Crippen molar-refractivity contribution in [2.24, 2.45) is 0 Å². The molecule has 0 aromatic carbocycles. The zero-order chi connectivity index (χ0) is 12.8. The first kappa shape index (κ1) is 13.0. The first-order chi connectivity index (χ1) is 8.75. The van der Waals surface area contributed by atoms with Crippen LogP contribution in [0.4, 0.5) is 0 Å². The van der Waals surface area contributed by atoms with Crippen molar-refractivity contribution in [1.82, 2.24) is 25.6 Å². The maximum atomic E-state index is 11.9. The van der Waals surface area contributed by atoms with Gasteiger partial charge >= 0.3 is 0 Å². The Bertz CT molecular complexity index is 365. The van der Waals surface area contributed by atoms with E-state index in [0.29, 0.717) is 12.6 Å². The SMILES string of the molecule is CC1CCCC(C(=O)NCCCn2ccnn2)N1. The summed E-state index contributed by atoms with van der Waals surface area (Å²) in [4.78, 5) is 11.9. The smallest absolute Gasteiger partial charge is 0.237 e. The molecule has 1 aliphatic heterocycles. The number of aromatic nitrogens is 3. The molecular weight excluding hydrogens is 230 g/mol. The van der Waals surface area contributed by atoms with E-state index in [4.69, 9.17) is 0 Å². The summed E-state index contributed by atoms with van der Waals surface area (Å²) in [6.07, 6.45) is 7.59. The van der Waals surface area contributed by atoms with Gasteiger partial charge in [-0.05, 0) is 32.6 Å². The Labute approximate surface area is 107 Å². The summed E-state index contributed by atoms with van der Waals surface area (Å²) in [5.74, 6) is 0.125. The highest BCUT2D eigenvalue weighted by atomic mass is 16.2. The Morgan fingerprint density at radius 3 is 3.17 bits per heavy atom. The monoisotopic (exact) mass is 251 g/mol. The van der Waals surface area contributed by atoms with E-state index in [1.165, 1.54) is 0 Å². The second-order valence-electron chi connectivity index (χ2n) is 4.86. The summed E-state index contributed by atoms with van der Waals surface area (Å²) in [6.45, 7) is 3.60. The third kappa shape index (κ3) is 3.80. The van der Waals surface area contributed by atoms with Crippen LogP contribution in [0.25, 0.3) is 0 Å². The lowest BCUT2D eigenvalue weighted by atomic mass is 9.99. The Hall–Kier alpha value is -1.43. The van der Waals surface area contributed by atoms with Gasteiger partial charge in [0.15, 0.2) is 0 Å². The van der Waals surface area contributed by atoms with Crippen LogP contribution in [0.2, 0.25) is 0 Å². The molecule has 0 saturated carbocycles. The van der Waals surface area contributed by atoms with E-state index in [2.05, 4.69) is 27.9 Å². The number of carbonyl (C=O) groups is 1. The number of hydrogen-bond donors (Lipinski definition) is 2. The second kappa shape index (κ2) is 6.49. The van der Waals surface area contributed by atoms with Crippen molar-refractivity contribution in [3.63, 3.8) is 0 Å². The van der Waals surface area contributed by atoms with Gasteiger partial charge in [-0.15, -0.1) is 5.10 Å². The molecular formula is C12H21N5O. The van der Waals surface area contributed by atoms with Gasteiger partial charge in [-0.2, -0.15) is 0 Å². The van der Waals surface area contributed by atoms with Gasteiger partial charge in [0.1, 0.15) is 0 Å². The molecule has 0 bridgehead atoms. The van der Waals surface area contributed by atoms with Gasteiger partial charge in [-0.25, -0.2) is 0 Å². The lowest BCUT2D eigenvalue weighted by Crippen LogP contribution is -2.50. The summed E-state index contributed by atoms with van der Waals surface area (Å²) >= 11 is 0. The van der Waals surface area contributed by atoms with E-state index in [1.54, 1.807) is 10.9 Å². The molecule has 6 heteroatoms. The average molecular weight is 251 g/mol. The highest BCUT2D eigenvalue weighted by Crippen LogP contribution is 2.12. The molecule has 0 radical (unpaired) electrons. The quantitative estimate of drug-likeness (QED) is 0.739. The van der Waals surface area contributed by atoms with Crippen molar-refractivity contribution in [3.8, 4) is 0 Å². The van der Waals surface area contributed by atoms with E-state index in [-0.39, 0.29) is 11.9 Å². The third-order valence-electron chi connectivity index (χ3n) is 3.27. The molecule has 0 aliphatic carbocycles. The number of hydrogen-bond acceptors (Lipinski definition) is 4. The number of amides is 1. The second-order valence-corrected chi connectivity index (χ2v) is 4.86. The normalized spacial score (nSPS) is 23.8. The summed E-state index contributed by atoms with van der Waals surface area (Å²) < 4.78 is 1.77. The Balaban J connectivity index is 1.62. The Kier molecular flexibility index (Phi) is 4.69. The summed E-state index contributed by atoms with van der Waals surface area (Å²) in [6, 6.07) is 0.435. The molecule has 18 heavy (non-hydrogen) atoms. The van der Waals surface area contributed by atoms with Gasteiger partial charge in [0.05, 0.1) is 12.2 Å². The molecule has 1 saturated heterocycles. The fourth-order valence-corrected chi connectivity index (χ4v) is 2.27. The first-order valence-electron chi connectivity index (χ1n) is 6.63. The van der Waals surface area contributed by atoms with Crippen molar-refractivity contribution in [3.05, 3.63) is 12.4 Å². The van der Waals surface area contributed by atoms with E-state index >= 15 is 0 Å². The van der Waals surface area contributed by atoms with Crippen molar-refractivity contribution >= 4 is 5.91 Å².